The number of aromatic nitrogens is 5. The Kier molecular flexibility index (Phi) is 9.97. The highest BCUT2D eigenvalue weighted by Crippen LogP contribution is 2.40. The van der Waals surface area contributed by atoms with Crippen molar-refractivity contribution in [2.45, 2.75) is 38.8 Å². The van der Waals surface area contributed by atoms with E-state index in [1.165, 1.54) is 7.11 Å². The standard InChI is InChI=1S/C44H39N5O3/c1-4-16-39-41(43(50)51-3)40(29-31(2)45-39)52-30-32-25-27-33(28-26-32)37-23-14-15-24-38(37)42-46-48-49(47-42)44(34-17-8-5-9-18-34,35-19-10-6-11-20-35)36-21-12-7-13-22-36/h5-15,17-29H,4,16,30H2,1-3H3. The molecule has 7 rings (SSSR count). The summed E-state index contributed by atoms with van der Waals surface area (Å²) in [6.45, 7) is 4.23. The molecule has 5 aromatic carbocycles. The van der Waals surface area contributed by atoms with Gasteiger partial charge in [-0.1, -0.05) is 153 Å². The van der Waals surface area contributed by atoms with Gasteiger partial charge in [-0.15, -0.1) is 15.0 Å². The Bertz CT molecular complexity index is 2170. The number of rotatable bonds is 12. The molecule has 7 aromatic rings. The number of esters is 1. The van der Waals surface area contributed by atoms with Crippen molar-refractivity contribution in [2.24, 2.45) is 0 Å². The zero-order valence-electron chi connectivity index (χ0n) is 29.4. The predicted molar refractivity (Wildman–Crippen MR) is 202 cm³/mol. The van der Waals surface area contributed by atoms with Crippen molar-refractivity contribution in [3.05, 3.63) is 185 Å². The fraction of sp³-hybridized carbons (Fsp3) is 0.159. The smallest absolute Gasteiger partial charge is 0.343 e. The lowest BCUT2D eigenvalue weighted by Gasteiger charge is -2.34. The molecule has 0 bridgehead atoms. The highest BCUT2D eigenvalue weighted by molar-refractivity contribution is 5.93. The first kappa shape index (κ1) is 34.1. The van der Waals surface area contributed by atoms with Crippen LogP contribution in [-0.2, 0) is 23.3 Å². The van der Waals surface area contributed by atoms with Crippen LogP contribution in [0.1, 0.15) is 57.3 Å². The Balaban J connectivity index is 1.23. The first-order valence-corrected chi connectivity index (χ1v) is 17.4. The maximum Gasteiger partial charge on any atom is 0.343 e. The molecule has 52 heavy (non-hydrogen) atoms. The van der Waals surface area contributed by atoms with Gasteiger partial charge in [0.2, 0.25) is 5.82 Å². The second-order valence-corrected chi connectivity index (χ2v) is 12.6. The molecule has 0 aliphatic heterocycles. The number of ether oxygens (including phenoxy) is 2. The first-order valence-electron chi connectivity index (χ1n) is 17.4. The summed E-state index contributed by atoms with van der Waals surface area (Å²) in [7, 11) is 1.38. The summed E-state index contributed by atoms with van der Waals surface area (Å²) in [5.74, 6) is 0.544. The molecule has 8 nitrogen and oxygen atoms in total. The van der Waals surface area contributed by atoms with E-state index in [0.717, 1.165) is 51.1 Å². The number of hydrogen-bond acceptors (Lipinski definition) is 7. The van der Waals surface area contributed by atoms with Crippen molar-refractivity contribution < 1.29 is 14.3 Å². The molecule has 0 amide bonds. The first-order chi connectivity index (χ1) is 25.5. The van der Waals surface area contributed by atoms with Gasteiger partial charge in [-0.05, 0) is 51.9 Å². The van der Waals surface area contributed by atoms with Crippen LogP contribution in [-0.4, -0.2) is 38.3 Å². The third kappa shape index (κ3) is 6.58. The number of aryl methyl sites for hydroxylation is 2. The van der Waals surface area contributed by atoms with Crippen molar-refractivity contribution in [1.29, 1.82) is 0 Å². The van der Waals surface area contributed by atoms with Gasteiger partial charge < -0.3 is 9.47 Å². The monoisotopic (exact) mass is 685 g/mol. The van der Waals surface area contributed by atoms with Gasteiger partial charge in [0.05, 0.1) is 12.8 Å². The molecule has 0 radical (unpaired) electrons. The van der Waals surface area contributed by atoms with Crippen molar-refractivity contribution in [3.63, 3.8) is 0 Å². The quantitative estimate of drug-likeness (QED) is 0.0937. The molecule has 0 atom stereocenters. The van der Waals surface area contributed by atoms with Gasteiger partial charge in [0.25, 0.3) is 0 Å². The lowest BCUT2D eigenvalue weighted by molar-refractivity contribution is 0.0593. The summed E-state index contributed by atoms with van der Waals surface area (Å²) in [6.07, 6.45) is 1.51. The van der Waals surface area contributed by atoms with Gasteiger partial charge >= 0.3 is 5.97 Å². The second kappa shape index (κ2) is 15.2. The van der Waals surface area contributed by atoms with Gasteiger partial charge in [0, 0.05) is 17.3 Å². The van der Waals surface area contributed by atoms with E-state index in [1.807, 2.05) is 91.9 Å². The van der Waals surface area contributed by atoms with E-state index in [1.54, 1.807) is 10.9 Å². The summed E-state index contributed by atoms with van der Waals surface area (Å²) in [4.78, 5) is 19.1. The minimum atomic E-state index is -0.871. The number of carbonyl (C=O) groups is 1. The molecule has 0 aliphatic rings. The number of benzene rings is 5. The minimum absolute atomic E-state index is 0.275. The molecule has 0 saturated carbocycles. The molecular weight excluding hydrogens is 647 g/mol. The third-order valence-electron chi connectivity index (χ3n) is 9.18. The summed E-state index contributed by atoms with van der Waals surface area (Å²) in [5, 5.41) is 14.6. The van der Waals surface area contributed by atoms with Crippen LogP contribution >= 0.6 is 0 Å². The van der Waals surface area contributed by atoms with Crippen LogP contribution in [0.25, 0.3) is 22.5 Å². The van der Waals surface area contributed by atoms with Gasteiger partial charge in [0.15, 0.2) is 5.54 Å². The molecule has 0 aliphatic carbocycles. The summed E-state index contributed by atoms with van der Waals surface area (Å²) in [6, 6.07) is 49.0. The van der Waals surface area contributed by atoms with E-state index < -0.39 is 11.5 Å². The molecule has 0 N–H and O–H groups in total. The maximum absolute atomic E-state index is 12.7. The average Bonchev–Trinajstić information content (AvgIpc) is 3.69. The van der Waals surface area contributed by atoms with Crippen LogP contribution in [0.5, 0.6) is 5.75 Å². The molecule has 2 heterocycles. The Morgan fingerprint density at radius 1 is 0.731 bits per heavy atom. The lowest BCUT2D eigenvalue weighted by Crippen LogP contribution is -2.39. The highest BCUT2D eigenvalue weighted by atomic mass is 16.5. The van der Waals surface area contributed by atoms with Gasteiger partial charge in [-0.25, -0.2) is 4.79 Å². The minimum Gasteiger partial charge on any atom is -0.488 e. The van der Waals surface area contributed by atoms with Crippen LogP contribution in [0.3, 0.4) is 0 Å². The second-order valence-electron chi connectivity index (χ2n) is 12.6. The van der Waals surface area contributed by atoms with Gasteiger partial charge in [-0.3, -0.25) is 4.98 Å². The summed E-state index contributed by atoms with van der Waals surface area (Å²) in [5.41, 5.74) is 7.83. The third-order valence-corrected chi connectivity index (χ3v) is 9.18. The largest absolute Gasteiger partial charge is 0.488 e. The van der Waals surface area contributed by atoms with Crippen molar-refractivity contribution in [3.8, 4) is 28.3 Å². The topological polar surface area (TPSA) is 92.0 Å². The number of nitrogens with zero attached hydrogens (tertiary/aromatic N) is 5. The molecule has 0 unspecified atom stereocenters. The Morgan fingerprint density at radius 2 is 1.29 bits per heavy atom. The molecule has 0 spiro atoms. The van der Waals surface area contributed by atoms with Crippen LogP contribution in [0.4, 0.5) is 0 Å². The summed E-state index contributed by atoms with van der Waals surface area (Å²) >= 11 is 0. The molecule has 8 heteroatoms. The highest BCUT2D eigenvalue weighted by Gasteiger charge is 2.41. The van der Waals surface area contributed by atoms with Crippen LogP contribution in [0, 0.1) is 6.92 Å². The Labute approximate surface area is 303 Å². The molecule has 0 saturated heterocycles. The van der Waals surface area contributed by atoms with Gasteiger partial charge in [-0.2, -0.15) is 0 Å². The number of tetrazole rings is 1. The van der Waals surface area contributed by atoms with Crippen LogP contribution < -0.4 is 4.74 Å². The maximum atomic E-state index is 12.7. The fourth-order valence-electron chi connectivity index (χ4n) is 6.78. The normalized spacial score (nSPS) is 11.3. The molecule has 0 fully saturated rings. The van der Waals surface area contributed by atoms with Crippen molar-refractivity contribution in [2.75, 3.05) is 7.11 Å². The molecule has 2 aromatic heterocycles. The fourth-order valence-corrected chi connectivity index (χ4v) is 6.78. The SMILES string of the molecule is CCCc1nc(C)cc(OCc2ccc(-c3ccccc3-c3nnn(C(c4ccccc4)(c4ccccc4)c4ccccc4)n3)cc2)c1C(=O)OC. The van der Waals surface area contributed by atoms with Crippen LogP contribution in [0.2, 0.25) is 0 Å². The number of methoxy groups -OCH3 is 1. The Morgan fingerprint density at radius 3 is 1.85 bits per heavy atom. The molecular formula is C44H39N5O3. The van der Waals surface area contributed by atoms with E-state index in [4.69, 9.17) is 24.9 Å². The van der Waals surface area contributed by atoms with E-state index in [0.29, 0.717) is 29.3 Å². The van der Waals surface area contributed by atoms with E-state index >= 15 is 0 Å². The van der Waals surface area contributed by atoms with Gasteiger partial charge in [0.1, 0.15) is 17.9 Å². The molecule has 258 valence electrons. The van der Waals surface area contributed by atoms with E-state index in [2.05, 4.69) is 66.5 Å². The van der Waals surface area contributed by atoms with Crippen LogP contribution in [0.15, 0.2) is 146 Å². The zero-order valence-corrected chi connectivity index (χ0v) is 29.4. The van der Waals surface area contributed by atoms with Crippen molar-refractivity contribution >= 4 is 5.97 Å². The summed E-state index contributed by atoms with van der Waals surface area (Å²) < 4.78 is 11.3. The predicted octanol–water partition coefficient (Wildman–Crippen LogP) is 8.87. The Hall–Kier alpha value is -6.41. The zero-order chi connectivity index (χ0) is 35.9. The number of carbonyl (C=O) groups excluding carboxylic acids is 1. The average molecular weight is 686 g/mol. The number of pyridine rings is 1. The van der Waals surface area contributed by atoms with Crippen molar-refractivity contribution in [1.82, 2.24) is 25.2 Å². The number of hydrogen-bond donors (Lipinski definition) is 0. The lowest BCUT2D eigenvalue weighted by atomic mass is 9.77. The van der Waals surface area contributed by atoms with E-state index in [9.17, 15) is 4.79 Å². The van der Waals surface area contributed by atoms with E-state index in [-0.39, 0.29) is 6.61 Å².